The number of allylic oxidation sites excluding steroid dienone is 2. The molecular formula is C22H25ClN2O2. The molecule has 27 heavy (non-hydrogen) atoms. The molecule has 0 saturated heterocycles. The Hall–Kier alpha value is -1.88. The third-order valence-electron chi connectivity index (χ3n) is 5.35. The molecule has 1 aromatic rings. The number of fused-ring (bicyclic) bond motifs is 2. The molecule has 1 N–H and O–H groups in total. The zero-order chi connectivity index (χ0) is 18.6. The van der Waals surface area contributed by atoms with Gasteiger partial charge in [0, 0.05) is 24.2 Å². The van der Waals surface area contributed by atoms with Crippen LogP contribution in [0.25, 0.3) is 0 Å². The summed E-state index contributed by atoms with van der Waals surface area (Å²) in [6.45, 7) is 3.76. The quantitative estimate of drug-likeness (QED) is 0.787. The van der Waals surface area contributed by atoms with Crippen LogP contribution in [0, 0.1) is 0 Å². The summed E-state index contributed by atoms with van der Waals surface area (Å²) in [6, 6.07) is 5.98. The molecule has 0 bridgehead atoms. The predicted molar refractivity (Wildman–Crippen MR) is 109 cm³/mol. The van der Waals surface area contributed by atoms with Crippen LogP contribution in [0.15, 0.2) is 59.1 Å². The van der Waals surface area contributed by atoms with E-state index in [0.717, 1.165) is 49.5 Å². The molecule has 4 nitrogen and oxygen atoms in total. The fourth-order valence-corrected chi connectivity index (χ4v) is 4.13. The van der Waals surface area contributed by atoms with Crippen LogP contribution in [0.3, 0.4) is 0 Å². The lowest BCUT2D eigenvalue weighted by molar-refractivity contribution is 0.200. The van der Waals surface area contributed by atoms with E-state index in [1.54, 1.807) is 6.08 Å². The number of benzene rings is 1. The summed E-state index contributed by atoms with van der Waals surface area (Å²) in [7, 11) is 0. The second-order valence-corrected chi connectivity index (χ2v) is 7.65. The summed E-state index contributed by atoms with van der Waals surface area (Å²) < 4.78 is 5.81. The Kier molecular flexibility index (Phi) is 5.77. The molecule has 2 heterocycles. The van der Waals surface area contributed by atoms with Crippen LogP contribution in [-0.4, -0.2) is 47.7 Å². The first-order valence-electron chi connectivity index (χ1n) is 9.64. The molecule has 5 heteroatoms. The predicted octanol–water partition coefficient (Wildman–Crippen LogP) is 3.69. The van der Waals surface area contributed by atoms with Gasteiger partial charge in [0.05, 0.1) is 12.7 Å². The fraction of sp³-hybridized carbons (Fsp3) is 0.409. The molecule has 0 radical (unpaired) electrons. The van der Waals surface area contributed by atoms with Crippen LogP contribution < -0.4 is 0 Å². The highest BCUT2D eigenvalue weighted by Gasteiger charge is 2.24. The van der Waals surface area contributed by atoms with Gasteiger partial charge in [0.2, 0.25) is 5.90 Å². The average molecular weight is 385 g/mol. The van der Waals surface area contributed by atoms with Crippen molar-refractivity contribution in [1.82, 2.24) is 4.90 Å². The van der Waals surface area contributed by atoms with Gasteiger partial charge in [0.15, 0.2) is 0 Å². The third-order valence-corrected chi connectivity index (χ3v) is 5.71. The monoisotopic (exact) mass is 384 g/mol. The number of hydrogen-bond acceptors (Lipinski definition) is 4. The molecule has 2 unspecified atom stereocenters. The third kappa shape index (κ3) is 4.34. The number of ether oxygens (including phenoxy) is 1. The first-order chi connectivity index (χ1) is 13.2. The number of unbranched alkanes of at least 4 members (excludes halogenated alkanes) is 1. The van der Waals surface area contributed by atoms with Gasteiger partial charge in [-0.25, -0.2) is 4.99 Å². The van der Waals surface area contributed by atoms with Crippen molar-refractivity contribution in [2.45, 2.75) is 38.0 Å². The molecule has 0 aromatic heterocycles. The number of aliphatic imine (C=N–C) groups is 1. The normalized spacial score (nSPS) is 24.1. The molecule has 1 aliphatic carbocycles. The van der Waals surface area contributed by atoms with Crippen LogP contribution in [0.5, 0.6) is 0 Å². The number of rotatable bonds is 5. The largest absolute Gasteiger partial charge is 0.478 e. The van der Waals surface area contributed by atoms with E-state index in [1.165, 1.54) is 11.1 Å². The van der Waals surface area contributed by atoms with Crippen molar-refractivity contribution in [3.8, 4) is 0 Å². The Morgan fingerprint density at radius 3 is 3.11 bits per heavy atom. The highest BCUT2D eigenvalue weighted by molar-refractivity contribution is 6.31. The minimum atomic E-state index is -0.566. The summed E-state index contributed by atoms with van der Waals surface area (Å²) in [5, 5.41) is 10.9. The molecule has 0 amide bonds. The number of aliphatic hydroxyl groups is 1. The van der Waals surface area contributed by atoms with E-state index in [2.05, 4.69) is 16.0 Å². The van der Waals surface area contributed by atoms with E-state index < -0.39 is 6.10 Å². The number of aliphatic hydroxyl groups excluding tert-OH is 1. The Balaban J connectivity index is 1.19. The zero-order valence-corrected chi connectivity index (χ0v) is 16.1. The van der Waals surface area contributed by atoms with Gasteiger partial charge in [-0.3, -0.25) is 4.90 Å². The summed E-state index contributed by atoms with van der Waals surface area (Å²) in [6.07, 6.45) is 12.0. The number of dihydropyridines is 1. The number of halogens is 1. The van der Waals surface area contributed by atoms with E-state index in [1.807, 2.05) is 36.4 Å². The van der Waals surface area contributed by atoms with Crippen LogP contribution in [-0.2, 0) is 17.7 Å². The SMILES string of the molecule is OC1C=CC=C2C=CC(OCCCCN3CCc4c(Cl)cccc4C3)=NC21. The fourth-order valence-electron chi connectivity index (χ4n) is 3.85. The first-order valence-corrected chi connectivity index (χ1v) is 10.0. The maximum atomic E-state index is 10.0. The second kappa shape index (κ2) is 8.42. The van der Waals surface area contributed by atoms with E-state index in [9.17, 15) is 5.11 Å². The average Bonchev–Trinajstić information content (AvgIpc) is 2.68. The minimum Gasteiger partial charge on any atom is -0.478 e. The highest BCUT2D eigenvalue weighted by Crippen LogP contribution is 2.26. The van der Waals surface area contributed by atoms with Crippen molar-refractivity contribution >= 4 is 17.5 Å². The van der Waals surface area contributed by atoms with Crippen LogP contribution in [0.1, 0.15) is 24.0 Å². The van der Waals surface area contributed by atoms with Crippen LogP contribution in [0.4, 0.5) is 0 Å². The summed E-state index contributed by atoms with van der Waals surface area (Å²) >= 11 is 6.29. The van der Waals surface area contributed by atoms with Gasteiger partial charge in [0.1, 0.15) is 6.04 Å². The molecule has 2 aliphatic heterocycles. The van der Waals surface area contributed by atoms with Crippen molar-refractivity contribution in [1.29, 1.82) is 0 Å². The Morgan fingerprint density at radius 1 is 1.26 bits per heavy atom. The second-order valence-electron chi connectivity index (χ2n) is 7.25. The van der Waals surface area contributed by atoms with Crippen molar-refractivity contribution in [3.63, 3.8) is 0 Å². The maximum absolute atomic E-state index is 10.0. The van der Waals surface area contributed by atoms with Gasteiger partial charge in [0.25, 0.3) is 0 Å². The molecule has 0 saturated carbocycles. The molecular weight excluding hydrogens is 360 g/mol. The molecule has 0 fully saturated rings. The molecule has 1 aromatic carbocycles. The maximum Gasteiger partial charge on any atom is 0.209 e. The zero-order valence-electron chi connectivity index (χ0n) is 15.4. The lowest BCUT2D eigenvalue weighted by Gasteiger charge is -2.29. The molecule has 3 aliphatic rings. The van der Waals surface area contributed by atoms with Crippen molar-refractivity contribution in [3.05, 3.63) is 70.3 Å². The van der Waals surface area contributed by atoms with Gasteiger partial charge in [-0.2, -0.15) is 0 Å². The first kappa shape index (κ1) is 18.5. The van der Waals surface area contributed by atoms with E-state index in [4.69, 9.17) is 16.3 Å². The Labute approximate surface area is 165 Å². The van der Waals surface area contributed by atoms with Gasteiger partial charge >= 0.3 is 0 Å². The standard InChI is InChI=1S/C22H25ClN2O2/c23-19-7-3-6-17-15-25(13-11-18(17)19)12-1-2-14-27-21-10-9-16-5-4-8-20(26)22(16)24-21/h3-10,20,22,26H,1-2,11-15H2. The minimum absolute atomic E-state index is 0.227. The summed E-state index contributed by atoms with van der Waals surface area (Å²) in [5.74, 6) is 0.619. The highest BCUT2D eigenvalue weighted by atomic mass is 35.5. The lowest BCUT2D eigenvalue weighted by Crippen LogP contribution is -2.31. The molecule has 4 rings (SSSR count). The van der Waals surface area contributed by atoms with Gasteiger partial charge < -0.3 is 9.84 Å². The summed E-state index contributed by atoms with van der Waals surface area (Å²) in [5.41, 5.74) is 3.70. The Morgan fingerprint density at radius 2 is 2.19 bits per heavy atom. The summed E-state index contributed by atoms with van der Waals surface area (Å²) in [4.78, 5) is 7.01. The smallest absolute Gasteiger partial charge is 0.209 e. The van der Waals surface area contributed by atoms with Gasteiger partial charge in [-0.1, -0.05) is 48.0 Å². The number of hydrogen-bond donors (Lipinski definition) is 1. The van der Waals surface area contributed by atoms with Crippen molar-refractivity contribution in [2.75, 3.05) is 19.7 Å². The molecule has 0 spiro atoms. The van der Waals surface area contributed by atoms with Gasteiger partial charge in [-0.15, -0.1) is 0 Å². The van der Waals surface area contributed by atoms with Crippen LogP contribution >= 0.6 is 11.6 Å². The van der Waals surface area contributed by atoms with E-state index >= 15 is 0 Å². The molecule has 142 valence electrons. The van der Waals surface area contributed by atoms with Crippen molar-refractivity contribution in [2.24, 2.45) is 4.99 Å². The van der Waals surface area contributed by atoms with E-state index in [0.29, 0.717) is 12.5 Å². The topological polar surface area (TPSA) is 45.1 Å². The lowest BCUT2D eigenvalue weighted by atomic mass is 9.95. The number of nitrogens with zero attached hydrogens (tertiary/aromatic N) is 2. The van der Waals surface area contributed by atoms with Crippen LogP contribution in [0.2, 0.25) is 5.02 Å². The Bertz CT molecular complexity index is 813. The van der Waals surface area contributed by atoms with Crippen molar-refractivity contribution < 1.29 is 9.84 Å². The van der Waals surface area contributed by atoms with E-state index in [-0.39, 0.29) is 6.04 Å². The van der Waals surface area contributed by atoms with Gasteiger partial charge in [-0.05, 0) is 48.6 Å². The molecule has 2 atom stereocenters.